The molecule has 0 aromatic rings. The summed E-state index contributed by atoms with van der Waals surface area (Å²) in [6, 6.07) is 0. The van der Waals surface area contributed by atoms with E-state index < -0.39 is 17.9 Å². The molecule has 0 radical (unpaired) electrons. The Morgan fingerprint density at radius 1 is 0.895 bits per heavy atom. The number of rotatable bonds is 12. The van der Waals surface area contributed by atoms with Gasteiger partial charge < -0.3 is 10.2 Å². The van der Waals surface area contributed by atoms with Crippen LogP contribution in [0.15, 0.2) is 0 Å². The third-order valence-electron chi connectivity index (χ3n) is 3.18. The number of carboxylic acids is 2. The van der Waals surface area contributed by atoms with Gasteiger partial charge in [-0.05, 0) is 6.42 Å². The number of unbranched alkanes of at least 4 members (excludes halogenated alkanes) is 7. The molecule has 0 saturated carbocycles. The van der Waals surface area contributed by atoms with Crippen LogP contribution in [0.5, 0.6) is 0 Å². The molecule has 2 N–H and O–H groups in total. The summed E-state index contributed by atoms with van der Waals surface area (Å²) >= 11 is 0. The van der Waals surface area contributed by atoms with E-state index in [0.717, 1.165) is 19.3 Å². The van der Waals surface area contributed by atoms with Crippen LogP contribution in [0.2, 0.25) is 0 Å². The second kappa shape index (κ2) is 14.4. The van der Waals surface area contributed by atoms with Crippen LogP contribution in [0, 0.1) is 5.92 Å². The van der Waals surface area contributed by atoms with Gasteiger partial charge >= 0.3 is 41.5 Å². The van der Waals surface area contributed by atoms with Crippen molar-refractivity contribution in [2.75, 3.05) is 0 Å². The average Bonchev–Trinajstić information content (AvgIpc) is 2.30. The maximum Gasteiger partial charge on any atom is 1.00 e. The molecule has 0 aromatic carbocycles. The molecule has 0 fully saturated rings. The van der Waals surface area contributed by atoms with Crippen molar-refractivity contribution in [3.8, 4) is 0 Å². The summed E-state index contributed by atoms with van der Waals surface area (Å²) in [5.41, 5.74) is 0. The molecule has 0 aliphatic rings. The zero-order valence-electron chi connectivity index (χ0n) is 12.4. The molecule has 0 spiro atoms. The van der Waals surface area contributed by atoms with Crippen molar-refractivity contribution in [1.82, 2.24) is 0 Å². The van der Waals surface area contributed by atoms with E-state index >= 15 is 0 Å². The summed E-state index contributed by atoms with van der Waals surface area (Å²) in [5.74, 6) is -2.73. The van der Waals surface area contributed by atoms with Gasteiger partial charge in [0.15, 0.2) is 0 Å². The van der Waals surface area contributed by atoms with Gasteiger partial charge in [-0.2, -0.15) is 0 Å². The monoisotopic (exact) mass is 281 g/mol. The molecule has 0 aliphatic carbocycles. The molecular formula is C14H26NaO4+. The molecule has 0 bridgehead atoms. The first-order chi connectivity index (χ1) is 8.57. The Kier molecular flexibility index (Phi) is 16.0. The first-order valence-electron chi connectivity index (χ1n) is 7.02. The van der Waals surface area contributed by atoms with Crippen LogP contribution >= 0.6 is 0 Å². The van der Waals surface area contributed by atoms with Gasteiger partial charge in [0.25, 0.3) is 0 Å². The first kappa shape index (κ1) is 21.2. The molecule has 1 atom stereocenters. The zero-order valence-corrected chi connectivity index (χ0v) is 14.4. The Morgan fingerprint density at radius 3 is 1.79 bits per heavy atom. The first-order valence-corrected chi connectivity index (χ1v) is 7.02. The van der Waals surface area contributed by atoms with Crippen LogP contribution in [0.25, 0.3) is 0 Å². The largest absolute Gasteiger partial charge is 1.00 e. The number of hydrogen-bond donors (Lipinski definition) is 2. The molecule has 4 nitrogen and oxygen atoms in total. The minimum Gasteiger partial charge on any atom is -0.481 e. The van der Waals surface area contributed by atoms with Crippen molar-refractivity contribution in [2.24, 2.45) is 5.92 Å². The zero-order chi connectivity index (χ0) is 13.8. The molecule has 0 saturated heterocycles. The van der Waals surface area contributed by atoms with Crippen LogP contribution in [-0.4, -0.2) is 22.2 Å². The quantitative estimate of drug-likeness (QED) is 0.408. The van der Waals surface area contributed by atoms with E-state index in [1.165, 1.54) is 32.1 Å². The summed E-state index contributed by atoms with van der Waals surface area (Å²) in [5, 5.41) is 17.5. The van der Waals surface area contributed by atoms with Crippen LogP contribution in [0.4, 0.5) is 0 Å². The Balaban J connectivity index is 0. The summed E-state index contributed by atoms with van der Waals surface area (Å²) in [6.07, 6.45) is 9.46. The fourth-order valence-corrected chi connectivity index (χ4v) is 2.05. The van der Waals surface area contributed by atoms with E-state index in [0.29, 0.717) is 6.42 Å². The average molecular weight is 281 g/mol. The topological polar surface area (TPSA) is 74.6 Å². The Morgan fingerprint density at radius 2 is 1.37 bits per heavy atom. The third kappa shape index (κ3) is 14.2. The molecule has 106 valence electrons. The predicted molar refractivity (Wildman–Crippen MR) is 70.6 cm³/mol. The van der Waals surface area contributed by atoms with Gasteiger partial charge in [-0.15, -0.1) is 0 Å². The summed E-state index contributed by atoms with van der Waals surface area (Å²) in [6.45, 7) is 2.19. The van der Waals surface area contributed by atoms with E-state index in [4.69, 9.17) is 10.2 Å². The fraction of sp³-hybridized carbons (Fsp3) is 0.857. The number of aliphatic carboxylic acids is 2. The maximum atomic E-state index is 10.8. The Labute approximate surface area is 138 Å². The Bertz CT molecular complexity index is 244. The molecular weight excluding hydrogens is 255 g/mol. The van der Waals surface area contributed by atoms with E-state index in [1.54, 1.807) is 0 Å². The van der Waals surface area contributed by atoms with Gasteiger partial charge in [-0.3, -0.25) is 9.59 Å². The molecule has 0 rings (SSSR count). The van der Waals surface area contributed by atoms with Crippen LogP contribution in [0.3, 0.4) is 0 Å². The van der Waals surface area contributed by atoms with Crippen molar-refractivity contribution in [2.45, 2.75) is 71.1 Å². The van der Waals surface area contributed by atoms with Gasteiger partial charge in [-0.1, -0.05) is 58.3 Å². The third-order valence-corrected chi connectivity index (χ3v) is 3.18. The van der Waals surface area contributed by atoms with Gasteiger partial charge in [0.05, 0.1) is 12.3 Å². The van der Waals surface area contributed by atoms with Gasteiger partial charge in [-0.25, -0.2) is 0 Å². The molecule has 0 heterocycles. The maximum absolute atomic E-state index is 10.8. The predicted octanol–water partition coefficient (Wildman–Crippen LogP) is 0.697. The van der Waals surface area contributed by atoms with E-state index in [1.807, 2.05) is 0 Å². The van der Waals surface area contributed by atoms with Gasteiger partial charge in [0, 0.05) is 0 Å². The second-order valence-corrected chi connectivity index (χ2v) is 4.90. The van der Waals surface area contributed by atoms with Crippen molar-refractivity contribution in [1.29, 1.82) is 0 Å². The minimum absolute atomic E-state index is 0. The summed E-state index contributed by atoms with van der Waals surface area (Å²) < 4.78 is 0. The van der Waals surface area contributed by atoms with Crippen LogP contribution in [-0.2, 0) is 9.59 Å². The Hall–Kier alpha value is -0.0600. The van der Waals surface area contributed by atoms with Crippen molar-refractivity contribution < 1.29 is 49.4 Å². The molecule has 19 heavy (non-hydrogen) atoms. The fourth-order valence-electron chi connectivity index (χ4n) is 2.05. The normalized spacial score (nSPS) is 11.6. The minimum atomic E-state index is -1.03. The van der Waals surface area contributed by atoms with Crippen molar-refractivity contribution in [3.05, 3.63) is 0 Å². The van der Waals surface area contributed by atoms with Crippen LogP contribution < -0.4 is 29.6 Å². The molecule has 0 aliphatic heterocycles. The number of hydrogen-bond acceptors (Lipinski definition) is 2. The van der Waals surface area contributed by atoms with Gasteiger partial charge in [0.1, 0.15) is 0 Å². The second-order valence-electron chi connectivity index (χ2n) is 4.90. The molecule has 5 heteroatoms. The SMILES string of the molecule is CCCCCCCCCCC(CC(=O)O)C(=O)O.[Na+]. The van der Waals surface area contributed by atoms with E-state index in [2.05, 4.69) is 6.92 Å². The molecule has 1 unspecified atom stereocenters. The van der Waals surface area contributed by atoms with E-state index in [-0.39, 0.29) is 36.0 Å². The smallest absolute Gasteiger partial charge is 0.481 e. The summed E-state index contributed by atoms with van der Waals surface area (Å²) in [7, 11) is 0. The standard InChI is InChI=1S/C14H26O4.Na/c1-2-3-4-5-6-7-8-9-10-12(14(17)18)11-13(15)16;/h12H,2-11H2,1H3,(H,15,16)(H,17,18);/q;+1. The molecule has 0 amide bonds. The van der Waals surface area contributed by atoms with E-state index in [9.17, 15) is 9.59 Å². The van der Waals surface area contributed by atoms with Crippen molar-refractivity contribution in [3.63, 3.8) is 0 Å². The van der Waals surface area contributed by atoms with Gasteiger partial charge in [0.2, 0.25) is 0 Å². The van der Waals surface area contributed by atoms with Crippen molar-refractivity contribution >= 4 is 11.9 Å². The molecule has 0 aromatic heterocycles. The summed E-state index contributed by atoms with van der Waals surface area (Å²) in [4.78, 5) is 21.3. The number of carbonyl (C=O) groups is 2. The number of carboxylic acid groups (broad SMARTS) is 2. The van der Waals surface area contributed by atoms with Crippen LogP contribution in [0.1, 0.15) is 71.1 Å².